The number of benzene rings is 2. The first-order valence-electron chi connectivity index (χ1n) is 10.1. The number of hydrogen-bond acceptors (Lipinski definition) is 4. The van der Waals surface area contributed by atoms with Crippen LogP contribution in [0, 0.1) is 0 Å². The lowest BCUT2D eigenvalue weighted by molar-refractivity contribution is -0.140. The van der Waals surface area contributed by atoms with Gasteiger partial charge in [0.05, 0.1) is 0 Å². The quantitative estimate of drug-likeness (QED) is 0.626. The highest BCUT2D eigenvalue weighted by molar-refractivity contribution is 9.10. The molecule has 0 aliphatic carbocycles. The third kappa shape index (κ3) is 5.75. The highest BCUT2D eigenvalue weighted by Crippen LogP contribution is 2.32. The van der Waals surface area contributed by atoms with Crippen molar-refractivity contribution in [2.24, 2.45) is 0 Å². The highest BCUT2D eigenvalue weighted by atomic mass is 79.9. The summed E-state index contributed by atoms with van der Waals surface area (Å²) in [5.41, 5.74) is 1.96. The average Bonchev–Trinajstić information content (AvgIpc) is 3.17. The number of halogens is 1. The van der Waals surface area contributed by atoms with E-state index in [1.807, 2.05) is 56.3 Å². The largest absolute Gasteiger partial charge is 0.454 e. The minimum Gasteiger partial charge on any atom is -0.454 e. The van der Waals surface area contributed by atoms with Crippen LogP contribution in [0.5, 0.6) is 11.5 Å². The first-order valence-corrected chi connectivity index (χ1v) is 10.9. The van der Waals surface area contributed by atoms with Gasteiger partial charge in [0.1, 0.15) is 6.04 Å². The second-order valence-corrected chi connectivity index (χ2v) is 8.59. The molecule has 1 aliphatic rings. The van der Waals surface area contributed by atoms with Crippen LogP contribution in [0.1, 0.15) is 38.3 Å². The fourth-order valence-corrected chi connectivity index (χ4v) is 3.76. The predicted octanol–water partition coefficient (Wildman–Crippen LogP) is 4.05. The van der Waals surface area contributed by atoms with Crippen molar-refractivity contribution in [1.82, 2.24) is 10.2 Å². The van der Waals surface area contributed by atoms with Crippen molar-refractivity contribution >= 4 is 27.7 Å². The Morgan fingerprint density at radius 1 is 1.07 bits per heavy atom. The lowest BCUT2D eigenvalue weighted by Gasteiger charge is -2.29. The molecule has 7 heteroatoms. The van der Waals surface area contributed by atoms with Crippen LogP contribution in [-0.4, -0.2) is 35.6 Å². The van der Waals surface area contributed by atoms with Crippen LogP contribution in [0.2, 0.25) is 0 Å². The first-order chi connectivity index (χ1) is 14.3. The number of amides is 2. The van der Waals surface area contributed by atoms with Gasteiger partial charge in [0, 0.05) is 23.5 Å². The van der Waals surface area contributed by atoms with Crippen molar-refractivity contribution in [3.8, 4) is 11.5 Å². The van der Waals surface area contributed by atoms with E-state index in [1.165, 1.54) is 0 Å². The summed E-state index contributed by atoms with van der Waals surface area (Å²) in [7, 11) is 0. The van der Waals surface area contributed by atoms with E-state index in [9.17, 15) is 9.59 Å². The number of rotatable bonds is 8. The summed E-state index contributed by atoms with van der Waals surface area (Å²) >= 11 is 3.47. The van der Waals surface area contributed by atoms with Crippen LogP contribution in [0.15, 0.2) is 46.9 Å². The summed E-state index contributed by atoms with van der Waals surface area (Å²) < 4.78 is 11.7. The molecule has 1 aliphatic heterocycles. The molecule has 0 saturated heterocycles. The number of nitrogens with zero attached hydrogens (tertiary/aromatic N) is 1. The van der Waals surface area contributed by atoms with E-state index < -0.39 is 6.04 Å². The number of nitrogens with one attached hydrogen (secondary N) is 1. The first kappa shape index (κ1) is 22.2. The van der Waals surface area contributed by atoms with Gasteiger partial charge in [-0.2, -0.15) is 0 Å². The van der Waals surface area contributed by atoms with Gasteiger partial charge in [0.2, 0.25) is 18.6 Å². The molecule has 160 valence electrons. The van der Waals surface area contributed by atoms with Crippen molar-refractivity contribution < 1.29 is 19.1 Å². The lowest BCUT2D eigenvalue weighted by Crippen LogP contribution is -2.49. The van der Waals surface area contributed by atoms with E-state index in [-0.39, 0.29) is 24.6 Å². The van der Waals surface area contributed by atoms with Crippen LogP contribution in [-0.2, 0) is 22.6 Å². The van der Waals surface area contributed by atoms with Gasteiger partial charge < -0.3 is 19.7 Å². The van der Waals surface area contributed by atoms with Gasteiger partial charge >= 0.3 is 0 Å². The van der Waals surface area contributed by atoms with E-state index in [1.54, 1.807) is 11.8 Å². The molecule has 2 aromatic rings. The molecule has 1 unspecified atom stereocenters. The predicted molar refractivity (Wildman–Crippen MR) is 118 cm³/mol. The van der Waals surface area contributed by atoms with Gasteiger partial charge in [0.25, 0.3) is 0 Å². The Morgan fingerprint density at radius 2 is 1.83 bits per heavy atom. The van der Waals surface area contributed by atoms with Gasteiger partial charge in [0.15, 0.2) is 11.5 Å². The molecule has 0 bridgehead atoms. The zero-order chi connectivity index (χ0) is 21.7. The Bertz CT molecular complexity index is 916. The van der Waals surface area contributed by atoms with E-state index in [0.29, 0.717) is 25.1 Å². The maximum Gasteiger partial charge on any atom is 0.242 e. The summed E-state index contributed by atoms with van der Waals surface area (Å²) in [4.78, 5) is 27.4. The van der Waals surface area contributed by atoms with Crippen LogP contribution < -0.4 is 14.8 Å². The molecule has 0 aromatic heterocycles. The molecule has 1 heterocycles. The number of ether oxygens (including phenoxy) is 2. The van der Waals surface area contributed by atoms with Crippen molar-refractivity contribution in [2.75, 3.05) is 6.79 Å². The van der Waals surface area contributed by atoms with Gasteiger partial charge in [-0.15, -0.1) is 0 Å². The van der Waals surface area contributed by atoms with Crippen LogP contribution >= 0.6 is 15.9 Å². The third-order valence-corrected chi connectivity index (χ3v) is 5.40. The molecule has 0 fully saturated rings. The minimum atomic E-state index is -0.573. The number of carbonyl (C=O) groups excluding carboxylic acids is 2. The number of aryl methyl sites for hydroxylation is 1. The highest BCUT2D eigenvalue weighted by Gasteiger charge is 2.26. The molecular formula is C23H27BrN2O4. The summed E-state index contributed by atoms with van der Waals surface area (Å²) in [5, 5.41) is 2.90. The molecular weight excluding hydrogens is 448 g/mol. The smallest absolute Gasteiger partial charge is 0.242 e. The Balaban J connectivity index is 1.72. The van der Waals surface area contributed by atoms with Crippen molar-refractivity contribution in [1.29, 1.82) is 0 Å². The maximum atomic E-state index is 13.1. The Kier molecular flexibility index (Phi) is 7.37. The summed E-state index contributed by atoms with van der Waals surface area (Å²) in [5.74, 6) is 1.20. The fraction of sp³-hybridized carbons (Fsp3) is 0.391. The monoisotopic (exact) mass is 474 g/mol. The topological polar surface area (TPSA) is 67.9 Å². The second-order valence-electron chi connectivity index (χ2n) is 7.68. The number of carbonyl (C=O) groups is 2. The third-order valence-electron chi connectivity index (χ3n) is 4.90. The van der Waals surface area contributed by atoms with Crippen molar-refractivity contribution in [3.05, 3.63) is 58.1 Å². The van der Waals surface area contributed by atoms with Gasteiger partial charge in [-0.3, -0.25) is 9.59 Å². The van der Waals surface area contributed by atoms with E-state index in [2.05, 4.69) is 21.2 Å². The van der Waals surface area contributed by atoms with E-state index >= 15 is 0 Å². The minimum absolute atomic E-state index is 0.0106. The Labute approximate surface area is 185 Å². The standard InChI is InChI=1S/C23H27BrN2O4/c1-15(2)25-23(28)16(3)26(13-18-5-4-6-19(24)11-18)22(27)10-8-17-7-9-20-21(12-17)30-14-29-20/h4-7,9,11-12,15-16H,8,10,13-14H2,1-3H3,(H,25,28). The van der Waals surface area contributed by atoms with Crippen molar-refractivity contribution in [3.63, 3.8) is 0 Å². The zero-order valence-corrected chi connectivity index (χ0v) is 19.1. The Morgan fingerprint density at radius 3 is 2.57 bits per heavy atom. The summed E-state index contributed by atoms with van der Waals surface area (Å²) in [6.45, 7) is 6.18. The number of hydrogen-bond donors (Lipinski definition) is 1. The van der Waals surface area contributed by atoms with E-state index in [0.717, 1.165) is 21.3 Å². The van der Waals surface area contributed by atoms with Crippen molar-refractivity contribution in [2.45, 2.75) is 52.2 Å². The molecule has 0 radical (unpaired) electrons. The molecule has 1 N–H and O–H groups in total. The van der Waals surface area contributed by atoms with Gasteiger partial charge in [-0.25, -0.2) is 0 Å². The lowest BCUT2D eigenvalue weighted by atomic mass is 10.1. The summed E-state index contributed by atoms with van der Waals surface area (Å²) in [6.07, 6.45) is 0.857. The normalized spacial score (nSPS) is 13.2. The van der Waals surface area contributed by atoms with Gasteiger partial charge in [-0.05, 0) is 62.6 Å². The zero-order valence-electron chi connectivity index (χ0n) is 17.5. The fourth-order valence-electron chi connectivity index (χ4n) is 3.31. The molecule has 0 spiro atoms. The molecule has 2 amide bonds. The molecule has 3 rings (SSSR count). The second kappa shape index (κ2) is 9.98. The summed E-state index contributed by atoms with van der Waals surface area (Å²) in [6, 6.07) is 12.9. The van der Waals surface area contributed by atoms with Gasteiger partial charge in [-0.1, -0.05) is 34.1 Å². The molecule has 0 saturated carbocycles. The molecule has 1 atom stereocenters. The van der Waals surface area contributed by atoms with E-state index in [4.69, 9.17) is 9.47 Å². The SMILES string of the molecule is CC(C)NC(=O)C(C)N(Cc1cccc(Br)c1)C(=O)CCc1ccc2c(c1)OCO2. The molecule has 2 aromatic carbocycles. The molecule has 6 nitrogen and oxygen atoms in total. The Hall–Kier alpha value is -2.54. The van der Waals surface area contributed by atoms with Crippen LogP contribution in [0.25, 0.3) is 0 Å². The maximum absolute atomic E-state index is 13.1. The molecule has 30 heavy (non-hydrogen) atoms. The van der Waals surface area contributed by atoms with Crippen LogP contribution in [0.4, 0.5) is 0 Å². The van der Waals surface area contributed by atoms with Crippen LogP contribution in [0.3, 0.4) is 0 Å². The number of fused-ring (bicyclic) bond motifs is 1. The average molecular weight is 475 g/mol.